The third-order valence-corrected chi connectivity index (χ3v) is 4.39. The Bertz CT molecular complexity index is 555. The number of nitrogens with one attached hydrogen (secondary N) is 1. The van der Waals surface area contributed by atoms with Crippen LogP contribution in [-0.4, -0.2) is 22.5 Å². The molecule has 0 atom stereocenters. The molecule has 1 aromatic carbocycles. The van der Waals surface area contributed by atoms with Crippen molar-refractivity contribution in [3.63, 3.8) is 0 Å². The third kappa shape index (κ3) is 3.17. The molecule has 1 amide bonds. The van der Waals surface area contributed by atoms with Gasteiger partial charge in [0.15, 0.2) is 0 Å². The maximum absolute atomic E-state index is 13.2. The molecule has 0 radical (unpaired) electrons. The van der Waals surface area contributed by atoms with E-state index in [0.717, 1.165) is 6.07 Å². The van der Waals surface area contributed by atoms with E-state index in [2.05, 4.69) is 21.2 Å². The summed E-state index contributed by atoms with van der Waals surface area (Å²) < 4.78 is 13.7. The molecule has 0 saturated heterocycles. The standard InChI is InChI=1S/C14H17BrFNO3/c1-13(2,12(19)20)14(3,4)17-11(18)9-7-8(16)5-6-10(9)15/h5-7H,1-4H3,(H,17,18)(H,19,20). The van der Waals surface area contributed by atoms with Gasteiger partial charge in [0.1, 0.15) is 5.82 Å². The summed E-state index contributed by atoms with van der Waals surface area (Å²) in [5.41, 5.74) is -2.07. The first-order chi connectivity index (χ1) is 8.99. The predicted octanol–water partition coefficient (Wildman–Crippen LogP) is 3.21. The van der Waals surface area contributed by atoms with E-state index < -0.39 is 28.6 Å². The van der Waals surface area contributed by atoms with Crippen molar-refractivity contribution in [3.05, 3.63) is 34.1 Å². The Morgan fingerprint density at radius 3 is 2.30 bits per heavy atom. The number of amides is 1. The molecule has 0 unspecified atom stereocenters. The van der Waals surface area contributed by atoms with Crippen LogP contribution in [-0.2, 0) is 4.79 Å². The lowest BCUT2D eigenvalue weighted by Gasteiger charge is -2.38. The van der Waals surface area contributed by atoms with Crippen molar-refractivity contribution in [1.29, 1.82) is 0 Å². The topological polar surface area (TPSA) is 66.4 Å². The van der Waals surface area contributed by atoms with Gasteiger partial charge in [-0.3, -0.25) is 9.59 Å². The minimum Gasteiger partial charge on any atom is -0.481 e. The highest BCUT2D eigenvalue weighted by Crippen LogP contribution is 2.31. The Hall–Kier alpha value is -1.43. The van der Waals surface area contributed by atoms with E-state index in [1.807, 2.05) is 0 Å². The number of benzene rings is 1. The lowest BCUT2D eigenvalue weighted by atomic mass is 9.74. The van der Waals surface area contributed by atoms with Crippen molar-refractivity contribution < 1.29 is 19.1 Å². The van der Waals surface area contributed by atoms with Crippen molar-refractivity contribution in [3.8, 4) is 0 Å². The van der Waals surface area contributed by atoms with Crippen LogP contribution in [0.2, 0.25) is 0 Å². The van der Waals surface area contributed by atoms with Crippen LogP contribution in [0.3, 0.4) is 0 Å². The Kier molecular flexibility index (Phi) is 4.59. The number of carboxylic acid groups (broad SMARTS) is 1. The van der Waals surface area contributed by atoms with Crippen molar-refractivity contribution >= 4 is 27.8 Å². The first-order valence-corrected chi connectivity index (χ1v) is 6.79. The SMILES string of the molecule is CC(C)(NC(=O)c1cc(F)ccc1Br)C(C)(C)C(=O)O. The molecular formula is C14H17BrFNO3. The Morgan fingerprint density at radius 1 is 1.25 bits per heavy atom. The van der Waals surface area contributed by atoms with Crippen LogP contribution in [0.15, 0.2) is 22.7 Å². The number of halogens is 2. The Labute approximate surface area is 125 Å². The molecule has 4 nitrogen and oxygen atoms in total. The minimum absolute atomic E-state index is 0.124. The molecule has 0 saturated carbocycles. The number of carboxylic acids is 1. The highest BCUT2D eigenvalue weighted by atomic mass is 79.9. The van der Waals surface area contributed by atoms with Gasteiger partial charge in [0.05, 0.1) is 16.5 Å². The number of carbonyl (C=O) groups is 2. The molecule has 1 aromatic rings. The molecule has 0 aliphatic rings. The number of carbonyl (C=O) groups excluding carboxylic acids is 1. The van der Waals surface area contributed by atoms with Crippen molar-refractivity contribution in [2.75, 3.05) is 0 Å². The average Bonchev–Trinajstić information content (AvgIpc) is 2.31. The quantitative estimate of drug-likeness (QED) is 0.880. The van der Waals surface area contributed by atoms with Crippen LogP contribution < -0.4 is 5.32 Å². The van der Waals surface area contributed by atoms with E-state index in [-0.39, 0.29) is 5.56 Å². The fraction of sp³-hybridized carbons (Fsp3) is 0.429. The second-order valence-corrected chi connectivity index (χ2v) is 6.49. The molecule has 0 aliphatic carbocycles. The fourth-order valence-corrected chi connectivity index (χ4v) is 1.87. The summed E-state index contributed by atoms with van der Waals surface area (Å²) >= 11 is 3.17. The van der Waals surface area contributed by atoms with E-state index in [4.69, 9.17) is 0 Å². The summed E-state index contributed by atoms with van der Waals surface area (Å²) in [4.78, 5) is 23.5. The third-order valence-electron chi connectivity index (χ3n) is 3.70. The highest BCUT2D eigenvalue weighted by Gasteiger charge is 2.44. The van der Waals surface area contributed by atoms with Crippen LogP contribution in [0.25, 0.3) is 0 Å². The summed E-state index contributed by atoms with van der Waals surface area (Å²) in [6.45, 7) is 6.28. The van der Waals surface area contributed by atoms with E-state index in [1.165, 1.54) is 26.0 Å². The number of rotatable bonds is 4. The molecule has 0 bridgehead atoms. The van der Waals surface area contributed by atoms with Crippen molar-refractivity contribution in [1.82, 2.24) is 5.32 Å². The monoisotopic (exact) mass is 345 g/mol. The van der Waals surface area contributed by atoms with Gasteiger partial charge in [-0.1, -0.05) is 0 Å². The predicted molar refractivity (Wildman–Crippen MR) is 77.1 cm³/mol. The van der Waals surface area contributed by atoms with Crippen LogP contribution >= 0.6 is 15.9 Å². The van der Waals surface area contributed by atoms with Crippen LogP contribution in [0.5, 0.6) is 0 Å². The van der Waals surface area contributed by atoms with Crippen LogP contribution in [0.1, 0.15) is 38.1 Å². The van der Waals surface area contributed by atoms with Gasteiger partial charge in [-0.25, -0.2) is 4.39 Å². The van der Waals surface area contributed by atoms with E-state index in [9.17, 15) is 19.1 Å². The van der Waals surface area contributed by atoms with Crippen LogP contribution in [0.4, 0.5) is 4.39 Å². The maximum atomic E-state index is 13.2. The molecule has 0 heterocycles. The minimum atomic E-state index is -1.18. The summed E-state index contributed by atoms with van der Waals surface area (Å²) in [6.07, 6.45) is 0. The second kappa shape index (κ2) is 5.52. The van der Waals surface area contributed by atoms with E-state index in [0.29, 0.717) is 4.47 Å². The number of aliphatic carboxylic acids is 1. The number of hydrogen-bond donors (Lipinski definition) is 2. The molecule has 2 N–H and O–H groups in total. The summed E-state index contributed by atoms with van der Waals surface area (Å²) in [6, 6.07) is 3.76. The van der Waals surface area contributed by atoms with Gasteiger partial charge in [-0.2, -0.15) is 0 Å². The van der Waals surface area contributed by atoms with E-state index in [1.54, 1.807) is 13.8 Å². The lowest BCUT2D eigenvalue weighted by molar-refractivity contribution is -0.150. The lowest BCUT2D eigenvalue weighted by Crippen LogP contribution is -2.57. The maximum Gasteiger partial charge on any atom is 0.311 e. The summed E-state index contributed by atoms with van der Waals surface area (Å²) in [7, 11) is 0. The molecule has 1 rings (SSSR count). The molecular weight excluding hydrogens is 329 g/mol. The van der Waals surface area contributed by atoms with Gasteiger partial charge in [0, 0.05) is 4.47 Å². The first-order valence-electron chi connectivity index (χ1n) is 6.00. The average molecular weight is 346 g/mol. The second-order valence-electron chi connectivity index (χ2n) is 5.63. The molecule has 110 valence electrons. The van der Waals surface area contributed by atoms with Crippen LogP contribution in [0, 0.1) is 11.2 Å². The normalized spacial score (nSPS) is 12.1. The fourth-order valence-electron chi connectivity index (χ4n) is 1.45. The molecule has 20 heavy (non-hydrogen) atoms. The summed E-state index contributed by atoms with van der Waals surface area (Å²) in [5.74, 6) is -2.09. The molecule has 0 fully saturated rings. The molecule has 0 spiro atoms. The van der Waals surface area contributed by atoms with E-state index >= 15 is 0 Å². The van der Waals surface area contributed by atoms with Crippen molar-refractivity contribution in [2.24, 2.45) is 5.41 Å². The first kappa shape index (κ1) is 16.6. The Morgan fingerprint density at radius 2 is 1.80 bits per heavy atom. The van der Waals surface area contributed by atoms with Gasteiger partial charge in [0.25, 0.3) is 5.91 Å². The zero-order valence-corrected chi connectivity index (χ0v) is 13.3. The highest BCUT2D eigenvalue weighted by molar-refractivity contribution is 9.10. The Balaban J connectivity index is 3.06. The van der Waals surface area contributed by atoms with Gasteiger partial charge in [0.2, 0.25) is 0 Å². The molecule has 0 aliphatic heterocycles. The summed E-state index contributed by atoms with van der Waals surface area (Å²) in [5, 5.41) is 11.9. The van der Waals surface area contributed by atoms with Crippen molar-refractivity contribution in [2.45, 2.75) is 33.2 Å². The van der Waals surface area contributed by atoms with Gasteiger partial charge in [-0.15, -0.1) is 0 Å². The zero-order valence-electron chi connectivity index (χ0n) is 11.8. The number of hydrogen-bond acceptors (Lipinski definition) is 2. The molecule has 0 aromatic heterocycles. The van der Waals surface area contributed by atoms with Gasteiger partial charge < -0.3 is 10.4 Å². The van der Waals surface area contributed by atoms with Gasteiger partial charge >= 0.3 is 5.97 Å². The van der Waals surface area contributed by atoms with Gasteiger partial charge in [-0.05, 0) is 61.8 Å². The largest absolute Gasteiger partial charge is 0.481 e. The zero-order chi connectivity index (χ0) is 15.7. The smallest absolute Gasteiger partial charge is 0.311 e. The molecule has 6 heteroatoms.